The summed E-state index contributed by atoms with van der Waals surface area (Å²) in [6.45, 7) is 1.74. The largest absolute Gasteiger partial charge is 0.384 e. The van der Waals surface area contributed by atoms with E-state index in [0.717, 1.165) is 0 Å². The molecule has 2 N–H and O–H groups in total. The van der Waals surface area contributed by atoms with Crippen molar-refractivity contribution < 1.29 is 14.7 Å². The zero-order valence-electron chi connectivity index (χ0n) is 12.4. The molecule has 0 aliphatic rings. The summed E-state index contributed by atoms with van der Waals surface area (Å²) in [5, 5.41) is 11.3. The van der Waals surface area contributed by atoms with Gasteiger partial charge in [0.15, 0.2) is 0 Å². The quantitative estimate of drug-likeness (QED) is 0.757. The molecule has 0 aliphatic carbocycles. The van der Waals surface area contributed by atoms with Crippen LogP contribution in [0.3, 0.4) is 0 Å². The second-order valence-corrected chi connectivity index (χ2v) is 4.56. The maximum atomic E-state index is 12.4. The first kappa shape index (κ1) is 16.7. The Bertz CT molecular complexity index is 575. The molecular weight excluding hydrogens is 270 g/mol. The average Bonchev–Trinajstić information content (AvgIpc) is 2.51. The van der Waals surface area contributed by atoms with Crippen LogP contribution in [0, 0.1) is 17.8 Å². The molecule has 0 saturated heterocycles. The summed E-state index contributed by atoms with van der Waals surface area (Å²) in [5.74, 6) is 4.43. The van der Waals surface area contributed by atoms with Crippen LogP contribution in [0.1, 0.15) is 23.0 Å². The number of aromatic nitrogens is 1. The maximum Gasteiger partial charge on any atom is 0.273 e. The van der Waals surface area contributed by atoms with E-state index in [1.165, 1.54) is 11.1 Å². The lowest BCUT2D eigenvalue weighted by molar-refractivity contribution is -0.124. The van der Waals surface area contributed by atoms with E-state index in [1.54, 1.807) is 33.2 Å². The Morgan fingerprint density at radius 3 is 2.86 bits per heavy atom. The summed E-state index contributed by atoms with van der Waals surface area (Å²) in [6.07, 6.45) is 1.51. The summed E-state index contributed by atoms with van der Waals surface area (Å²) >= 11 is 0. The number of carbonyl (C=O) groups is 2. The van der Waals surface area contributed by atoms with E-state index in [-0.39, 0.29) is 36.6 Å². The van der Waals surface area contributed by atoms with Gasteiger partial charge in [0.1, 0.15) is 12.3 Å². The highest BCUT2D eigenvalue weighted by Crippen LogP contribution is 2.08. The molecule has 0 radical (unpaired) electrons. The van der Waals surface area contributed by atoms with Crippen molar-refractivity contribution in [1.29, 1.82) is 0 Å². The number of rotatable bonds is 4. The second-order valence-electron chi connectivity index (χ2n) is 4.56. The number of nitrogens with one attached hydrogen (secondary N) is 1. The highest BCUT2D eigenvalue weighted by Gasteiger charge is 2.20. The van der Waals surface area contributed by atoms with Crippen LogP contribution in [0.5, 0.6) is 0 Å². The fraction of sp³-hybridized carbons (Fsp3) is 0.400. The van der Waals surface area contributed by atoms with Crippen molar-refractivity contribution in [3.63, 3.8) is 0 Å². The van der Waals surface area contributed by atoms with Crippen molar-refractivity contribution in [1.82, 2.24) is 15.2 Å². The minimum atomic E-state index is -0.320. The predicted octanol–water partition coefficient (Wildman–Crippen LogP) is -0.121. The van der Waals surface area contributed by atoms with E-state index in [0.29, 0.717) is 5.56 Å². The number of nitrogens with zero attached hydrogens (tertiary/aromatic N) is 2. The summed E-state index contributed by atoms with van der Waals surface area (Å²) in [5.41, 5.74) is 0.668. The Kier molecular flexibility index (Phi) is 6.37. The van der Waals surface area contributed by atoms with E-state index in [9.17, 15) is 9.59 Å². The highest BCUT2D eigenvalue weighted by molar-refractivity contribution is 5.95. The third kappa shape index (κ3) is 4.58. The van der Waals surface area contributed by atoms with Gasteiger partial charge in [-0.25, -0.2) is 4.98 Å². The highest BCUT2D eigenvalue weighted by atomic mass is 16.2. The molecule has 0 spiro atoms. The first-order valence-electron chi connectivity index (χ1n) is 6.53. The second kappa shape index (κ2) is 8.02. The first-order chi connectivity index (χ1) is 10.0. The van der Waals surface area contributed by atoms with Gasteiger partial charge >= 0.3 is 0 Å². The molecule has 1 unspecified atom stereocenters. The molecule has 1 atom stereocenters. The Hall–Kier alpha value is -2.39. The summed E-state index contributed by atoms with van der Waals surface area (Å²) in [6, 6.07) is 3.34. The van der Waals surface area contributed by atoms with Gasteiger partial charge in [-0.05, 0) is 12.1 Å². The molecule has 2 amide bonds. The van der Waals surface area contributed by atoms with Crippen molar-refractivity contribution in [3.05, 3.63) is 29.6 Å². The van der Waals surface area contributed by atoms with Gasteiger partial charge in [0, 0.05) is 26.8 Å². The molecule has 1 heterocycles. The van der Waals surface area contributed by atoms with E-state index >= 15 is 0 Å². The lowest BCUT2D eigenvalue weighted by Gasteiger charge is -2.20. The molecule has 0 bridgehead atoms. The van der Waals surface area contributed by atoms with Crippen LogP contribution in [0.15, 0.2) is 18.3 Å². The van der Waals surface area contributed by atoms with E-state index < -0.39 is 0 Å². The summed E-state index contributed by atoms with van der Waals surface area (Å²) in [4.78, 5) is 29.4. The third-order valence-electron chi connectivity index (χ3n) is 2.90. The Balaban J connectivity index is 2.90. The molecule has 6 nitrogen and oxygen atoms in total. The number of hydrogen-bond acceptors (Lipinski definition) is 4. The lowest BCUT2D eigenvalue weighted by Crippen LogP contribution is -2.37. The maximum absolute atomic E-state index is 12.4. The summed E-state index contributed by atoms with van der Waals surface area (Å²) < 4.78 is 0. The minimum absolute atomic E-state index is 0.129. The van der Waals surface area contributed by atoms with Crippen molar-refractivity contribution in [2.45, 2.75) is 6.92 Å². The predicted molar refractivity (Wildman–Crippen MR) is 78.4 cm³/mol. The van der Waals surface area contributed by atoms with E-state index in [4.69, 9.17) is 5.11 Å². The van der Waals surface area contributed by atoms with Crippen LogP contribution in [-0.4, -0.2) is 54.1 Å². The van der Waals surface area contributed by atoms with Gasteiger partial charge in [-0.1, -0.05) is 18.8 Å². The minimum Gasteiger partial charge on any atom is -0.384 e. The van der Waals surface area contributed by atoms with Gasteiger partial charge in [0.25, 0.3) is 5.91 Å². The van der Waals surface area contributed by atoms with Gasteiger partial charge in [-0.2, -0.15) is 0 Å². The number of aliphatic hydroxyl groups is 1. The Morgan fingerprint density at radius 1 is 1.52 bits per heavy atom. The van der Waals surface area contributed by atoms with Crippen LogP contribution in [0.2, 0.25) is 0 Å². The molecule has 1 rings (SSSR count). The molecule has 112 valence electrons. The fourth-order valence-electron chi connectivity index (χ4n) is 1.82. The summed E-state index contributed by atoms with van der Waals surface area (Å²) in [7, 11) is 3.17. The molecule has 6 heteroatoms. The number of aliphatic hydroxyl groups excluding tert-OH is 1. The van der Waals surface area contributed by atoms with Gasteiger partial charge in [-0.15, -0.1) is 0 Å². The zero-order valence-corrected chi connectivity index (χ0v) is 12.4. The van der Waals surface area contributed by atoms with Gasteiger partial charge in [0.2, 0.25) is 5.91 Å². The van der Waals surface area contributed by atoms with Gasteiger partial charge in [-0.3, -0.25) is 9.59 Å². The molecule has 0 saturated carbocycles. The zero-order chi connectivity index (χ0) is 15.8. The number of hydrogen-bond donors (Lipinski definition) is 2. The normalized spacial score (nSPS) is 11.0. The molecule has 0 fully saturated rings. The molecule has 1 aromatic rings. The van der Waals surface area contributed by atoms with Crippen molar-refractivity contribution in [3.8, 4) is 11.8 Å². The topological polar surface area (TPSA) is 82.5 Å². The third-order valence-corrected chi connectivity index (χ3v) is 2.90. The first-order valence-corrected chi connectivity index (χ1v) is 6.53. The lowest BCUT2D eigenvalue weighted by atomic mass is 10.1. The number of carbonyl (C=O) groups excluding carboxylic acids is 2. The van der Waals surface area contributed by atoms with Crippen LogP contribution < -0.4 is 5.32 Å². The standard InChI is InChI=1S/C15H19N3O3/c1-11(14(20)16-2)10-18(3)15(21)13-12(7-5-9-19)6-4-8-17-13/h4,6,8,11,19H,9-10H2,1-3H3,(H,16,20). The van der Waals surface area contributed by atoms with Crippen LogP contribution >= 0.6 is 0 Å². The number of pyridine rings is 1. The number of amides is 2. The molecule has 1 aromatic heterocycles. The van der Waals surface area contributed by atoms with Gasteiger partial charge < -0.3 is 15.3 Å². The molecule has 0 aliphatic heterocycles. The van der Waals surface area contributed by atoms with E-state index in [1.807, 2.05) is 0 Å². The SMILES string of the molecule is CNC(=O)C(C)CN(C)C(=O)c1ncccc1C#CCO. The van der Waals surface area contributed by atoms with Gasteiger partial charge in [0.05, 0.1) is 11.5 Å². The fourth-order valence-corrected chi connectivity index (χ4v) is 1.82. The monoisotopic (exact) mass is 289 g/mol. The molecule has 21 heavy (non-hydrogen) atoms. The Morgan fingerprint density at radius 2 is 2.24 bits per heavy atom. The van der Waals surface area contributed by atoms with E-state index in [2.05, 4.69) is 22.1 Å². The molecule has 0 aromatic carbocycles. The van der Waals surface area contributed by atoms with Crippen molar-refractivity contribution >= 4 is 11.8 Å². The average molecular weight is 289 g/mol. The molecular formula is C15H19N3O3. The van der Waals surface area contributed by atoms with Crippen molar-refractivity contribution in [2.24, 2.45) is 5.92 Å². The Labute approximate surface area is 124 Å². The van der Waals surface area contributed by atoms with Crippen molar-refractivity contribution in [2.75, 3.05) is 27.2 Å². The smallest absolute Gasteiger partial charge is 0.273 e. The van der Waals surface area contributed by atoms with Crippen LogP contribution in [0.4, 0.5) is 0 Å². The van der Waals surface area contributed by atoms with Crippen LogP contribution in [0.25, 0.3) is 0 Å². The van der Waals surface area contributed by atoms with Crippen LogP contribution in [-0.2, 0) is 4.79 Å².